The first kappa shape index (κ1) is 19.4. The normalized spacial score (nSPS) is 16.1. The maximum atomic E-state index is 12.6. The van der Waals surface area contributed by atoms with Crippen LogP contribution in [-0.2, 0) is 10.0 Å². The number of likely N-dealkylation sites (tertiary alicyclic amines) is 1. The fourth-order valence-electron chi connectivity index (χ4n) is 3.10. The number of nitrogens with zero attached hydrogens (tertiary/aromatic N) is 1. The van der Waals surface area contributed by atoms with E-state index in [0.29, 0.717) is 11.3 Å². The Morgan fingerprint density at radius 2 is 1.74 bits per heavy atom. The van der Waals surface area contributed by atoms with E-state index in [1.807, 2.05) is 6.92 Å². The highest BCUT2D eigenvalue weighted by molar-refractivity contribution is 7.92. The van der Waals surface area contributed by atoms with Crippen LogP contribution >= 0.6 is 0 Å². The van der Waals surface area contributed by atoms with E-state index in [1.54, 1.807) is 36.4 Å². The van der Waals surface area contributed by atoms with Crippen molar-refractivity contribution in [2.45, 2.75) is 30.7 Å². The van der Waals surface area contributed by atoms with Gasteiger partial charge in [-0.1, -0.05) is 24.3 Å². The molecule has 1 aliphatic heterocycles. The molecule has 1 fully saturated rings. The first-order valence-corrected chi connectivity index (χ1v) is 10.5. The largest absolute Gasteiger partial charge is 0.349 e. The molecule has 0 aromatic heterocycles. The molecule has 27 heavy (non-hydrogen) atoms. The summed E-state index contributed by atoms with van der Waals surface area (Å²) in [5.74, 6) is -0.176. The summed E-state index contributed by atoms with van der Waals surface area (Å²) in [6.45, 7) is 3.73. The van der Waals surface area contributed by atoms with Crippen LogP contribution in [0.5, 0.6) is 0 Å². The monoisotopic (exact) mass is 387 g/mol. The Morgan fingerprint density at radius 3 is 2.41 bits per heavy atom. The summed E-state index contributed by atoms with van der Waals surface area (Å²) < 4.78 is 27.7. The number of benzene rings is 2. The number of aryl methyl sites for hydroxylation is 1. The number of carbonyl (C=O) groups excluding carboxylic acids is 1. The molecule has 0 saturated carbocycles. The van der Waals surface area contributed by atoms with Gasteiger partial charge in [0.15, 0.2) is 0 Å². The molecule has 2 aromatic carbocycles. The van der Waals surface area contributed by atoms with Gasteiger partial charge in [-0.05, 0) is 69.7 Å². The van der Waals surface area contributed by atoms with Gasteiger partial charge in [-0.15, -0.1) is 0 Å². The van der Waals surface area contributed by atoms with E-state index in [9.17, 15) is 13.2 Å². The number of piperidine rings is 1. The Hall–Kier alpha value is -2.38. The van der Waals surface area contributed by atoms with Gasteiger partial charge in [0.25, 0.3) is 15.9 Å². The van der Waals surface area contributed by atoms with E-state index in [1.165, 1.54) is 12.1 Å². The number of anilines is 1. The van der Waals surface area contributed by atoms with E-state index in [0.717, 1.165) is 31.5 Å². The predicted molar refractivity (Wildman–Crippen MR) is 106 cm³/mol. The number of hydrogen-bond donors (Lipinski definition) is 2. The molecule has 1 amide bonds. The van der Waals surface area contributed by atoms with Crippen LogP contribution in [0, 0.1) is 6.92 Å². The molecule has 0 aliphatic carbocycles. The zero-order valence-corrected chi connectivity index (χ0v) is 16.4. The van der Waals surface area contributed by atoms with E-state index in [2.05, 4.69) is 22.0 Å². The second-order valence-electron chi connectivity index (χ2n) is 7.00. The van der Waals surface area contributed by atoms with Gasteiger partial charge in [0.2, 0.25) is 0 Å². The Labute approximate surface area is 160 Å². The zero-order valence-electron chi connectivity index (χ0n) is 15.6. The number of carbonyl (C=O) groups is 1. The predicted octanol–water partition coefficient (Wildman–Crippen LogP) is 2.62. The number of sulfonamides is 1. The lowest BCUT2D eigenvalue weighted by Gasteiger charge is -2.29. The molecule has 1 heterocycles. The van der Waals surface area contributed by atoms with Gasteiger partial charge in [0.05, 0.1) is 10.6 Å². The average Bonchev–Trinajstić information content (AvgIpc) is 2.66. The smallest absolute Gasteiger partial charge is 0.261 e. The van der Waals surface area contributed by atoms with Gasteiger partial charge in [-0.2, -0.15) is 0 Å². The first-order chi connectivity index (χ1) is 12.8. The Morgan fingerprint density at radius 1 is 1.07 bits per heavy atom. The standard InChI is InChI=1S/C20H25N3O3S/c1-15-8-9-16(20(24)21-17-10-12-23(2)13-11-17)14-19(15)22-27(25,26)18-6-4-3-5-7-18/h3-9,14,17,22H,10-13H2,1-2H3,(H,21,24). The van der Waals surface area contributed by atoms with Crippen molar-refractivity contribution < 1.29 is 13.2 Å². The fraction of sp³-hybridized carbons (Fsp3) is 0.350. The highest BCUT2D eigenvalue weighted by atomic mass is 32.2. The quantitative estimate of drug-likeness (QED) is 0.827. The molecule has 1 aliphatic rings. The minimum Gasteiger partial charge on any atom is -0.349 e. The van der Waals surface area contributed by atoms with Crippen molar-refractivity contribution in [3.8, 4) is 0 Å². The summed E-state index contributed by atoms with van der Waals surface area (Å²) in [4.78, 5) is 15.0. The van der Waals surface area contributed by atoms with Crippen molar-refractivity contribution in [2.24, 2.45) is 0 Å². The Kier molecular flexibility index (Phi) is 5.82. The van der Waals surface area contributed by atoms with Crippen LogP contribution in [-0.4, -0.2) is 45.4 Å². The summed E-state index contributed by atoms with van der Waals surface area (Å²) in [6, 6.07) is 13.4. The van der Waals surface area contributed by atoms with Crippen LogP contribution in [0.3, 0.4) is 0 Å². The van der Waals surface area contributed by atoms with Crippen LogP contribution in [0.1, 0.15) is 28.8 Å². The zero-order chi connectivity index (χ0) is 19.4. The van der Waals surface area contributed by atoms with Crippen LogP contribution < -0.4 is 10.0 Å². The summed E-state index contributed by atoms with van der Waals surface area (Å²) >= 11 is 0. The van der Waals surface area contributed by atoms with Crippen LogP contribution in [0.15, 0.2) is 53.4 Å². The molecule has 144 valence electrons. The third kappa shape index (κ3) is 4.87. The number of nitrogens with one attached hydrogen (secondary N) is 2. The molecule has 0 atom stereocenters. The molecular weight excluding hydrogens is 362 g/mol. The van der Waals surface area contributed by atoms with Gasteiger partial charge in [0.1, 0.15) is 0 Å². The summed E-state index contributed by atoms with van der Waals surface area (Å²) in [7, 11) is -1.63. The Balaban J connectivity index is 1.75. The van der Waals surface area contributed by atoms with Crippen molar-refractivity contribution in [3.63, 3.8) is 0 Å². The molecule has 1 saturated heterocycles. The van der Waals surface area contributed by atoms with E-state index >= 15 is 0 Å². The minimum atomic E-state index is -3.70. The lowest BCUT2D eigenvalue weighted by molar-refractivity contribution is 0.0917. The molecule has 2 aromatic rings. The van der Waals surface area contributed by atoms with Crippen molar-refractivity contribution >= 4 is 21.6 Å². The minimum absolute atomic E-state index is 0.152. The molecule has 6 nitrogen and oxygen atoms in total. The molecule has 0 bridgehead atoms. The lowest BCUT2D eigenvalue weighted by Crippen LogP contribution is -2.43. The van der Waals surface area contributed by atoms with E-state index < -0.39 is 10.0 Å². The van der Waals surface area contributed by atoms with E-state index in [-0.39, 0.29) is 16.8 Å². The average molecular weight is 388 g/mol. The maximum Gasteiger partial charge on any atom is 0.261 e. The molecule has 0 unspecified atom stereocenters. The molecule has 3 rings (SSSR count). The SMILES string of the molecule is Cc1ccc(C(=O)NC2CCN(C)CC2)cc1NS(=O)(=O)c1ccccc1. The molecule has 7 heteroatoms. The van der Waals surface area contributed by atoms with E-state index in [4.69, 9.17) is 0 Å². The topological polar surface area (TPSA) is 78.5 Å². The van der Waals surface area contributed by atoms with Gasteiger partial charge in [0, 0.05) is 11.6 Å². The molecular formula is C20H25N3O3S. The number of hydrogen-bond acceptors (Lipinski definition) is 4. The molecule has 0 radical (unpaired) electrons. The fourth-order valence-corrected chi connectivity index (χ4v) is 4.24. The second kappa shape index (κ2) is 8.10. The third-order valence-electron chi connectivity index (χ3n) is 4.85. The van der Waals surface area contributed by atoms with Crippen molar-refractivity contribution in [3.05, 3.63) is 59.7 Å². The summed E-state index contributed by atoms with van der Waals surface area (Å²) in [5, 5.41) is 3.05. The van der Waals surface area contributed by atoms with Crippen LogP contribution in [0.4, 0.5) is 5.69 Å². The van der Waals surface area contributed by atoms with Gasteiger partial charge >= 0.3 is 0 Å². The van der Waals surface area contributed by atoms with Crippen LogP contribution in [0.25, 0.3) is 0 Å². The second-order valence-corrected chi connectivity index (χ2v) is 8.68. The first-order valence-electron chi connectivity index (χ1n) is 9.03. The van der Waals surface area contributed by atoms with Gasteiger partial charge < -0.3 is 10.2 Å². The van der Waals surface area contributed by atoms with Crippen molar-refractivity contribution in [2.75, 3.05) is 24.9 Å². The van der Waals surface area contributed by atoms with Crippen molar-refractivity contribution in [1.82, 2.24) is 10.2 Å². The summed E-state index contributed by atoms with van der Waals surface area (Å²) in [6.07, 6.45) is 1.84. The summed E-state index contributed by atoms with van der Waals surface area (Å²) in [5.41, 5.74) is 1.62. The Bertz CT molecular complexity index is 905. The highest BCUT2D eigenvalue weighted by Crippen LogP contribution is 2.21. The molecule has 2 N–H and O–H groups in total. The highest BCUT2D eigenvalue weighted by Gasteiger charge is 2.20. The van der Waals surface area contributed by atoms with Crippen molar-refractivity contribution in [1.29, 1.82) is 0 Å². The van der Waals surface area contributed by atoms with Gasteiger partial charge in [-0.3, -0.25) is 9.52 Å². The number of rotatable bonds is 5. The lowest BCUT2D eigenvalue weighted by atomic mass is 10.0. The maximum absolute atomic E-state index is 12.6. The van der Waals surface area contributed by atoms with Crippen LogP contribution in [0.2, 0.25) is 0 Å². The number of amides is 1. The molecule has 0 spiro atoms. The third-order valence-corrected chi connectivity index (χ3v) is 6.23. The van der Waals surface area contributed by atoms with Gasteiger partial charge in [-0.25, -0.2) is 8.42 Å².